The molecule has 0 spiro atoms. The number of halogens is 1. The first-order valence-corrected chi connectivity index (χ1v) is 7.99. The highest BCUT2D eigenvalue weighted by molar-refractivity contribution is 9.10. The third-order valence-electron chi connectivity index (χ3n) is 2.47. The second-order valence-corrected chi connectivity index (χ2v) is 5.92. The lowest BCUT2D eigenvalue weighted by Gasteiger charge is -2.06. The quantitative estimate of drug-likeness (QED) is 0.574. The van der Waals surface area contributed by atoms with E-state index < -0.39 is 0 Å². The van der Waals surface area contributed by atoms with E-state index in [9.17, 15) is 0 Å². The monoisotopic (exact) mass is 357 g/mol. The maximum Gasteiger partial charge on any atom is 0.209 e. The number of likely N-dealkylation sites (N-methyl/N-ethyl adjacent to an activating group) is 1. The van der Waals surface area contributed by atoms with Crippen molar-refractivity contribution in [2.75, 3.05) is 26.0 Å². The number of ether oxygens (including phenoxy) is 1. The molecule has 2 rings (SSSR count). The lowest BCUT2D eigenvalue weighted by molar-refractivity contribution is 0.343. The van der Waals surface area contributed by atoms with Crippen LogP contribution in [0.3, 0.4) is 0 Å². The van der Waals surface area contributed by atoms with Gasteiger partial charge < -0.3 is 10.1 Å². The van der Waals surface area contributed by atoms with Crippen molar-refractivity contribution in [1.82, 2.24) is 25.5 Å². The van der Waals surface area contributed by atoms with Crippen LogP contribution in [0.25, 0.3) is 0 Å². The molecule has 0 aliphatic carbocycles. The van der Waals surface area contributed by atoms with Crippen molar-refractivity contribution >= 4 is 27.7 Å². The van der Waals surface area contributed by atoms with Crippen LogP contribution in [0.4, 0.5) is 0 Å². The minimum Gasteiger partial charge on any atom is -0.493 e. The van der Waals surface area contributed by atoms with Gasteiger partial charge in [-0.2, -0.15) is 0 Å². The molecule has 20 heavy (non-hydrogen) atoms. The summed E-state index contributed by atoms with van der Waals surface area (Å²) >= 11 is 4.98. The van der Waals surface area contributed by atoms with Gasteiger partial charge in [0.2, 0.25) is 5.16 Å². The van der Waals surface area contributed by atoms with Gasteiger partial charge in [0.25, 0.3) is 0 Å². The zero-order valence-electron chi connectivity index (χ0n) is 11.1. The summed E-state index contributed by atoms with van der Waals surface area (Å²) in [6.07, 6.45) is 0. The van der Waals surface area contributed by atoms with E-state index in [1.54, 1.807) is 16.4 Å². The fourth-order valence-corrected chi connectivity index (χ4v) is 2.47. The molecule has 1 aromatic carbocycles. The Balaban J connectivity index is 1.73. The van der Waals surface area contributed by atoms with Crippen molar-refractivity contribution in [2.24, 2.45) is 0 Å². The molecule has 0 atom stereocenters. The van der Waals surface area contributed by atoms with E-state index in [-0.39, 0.29) is 0 Å². The fourth-order valence-electron chi connectivity index (χ4n) is 1.48. The Morgan fingerprint density at radius 3 is 2.90 bits per heavy atom. The Bertz CT molecular complexity index is 519. The normalized spacial score (nSPS) is 10.7. The minimum atomic E-state index is 0.616. The van der Waals surface area contributed by atoms with Crippen LogP contribution < -0.4 is 10.1 Å². The fraction of sp³-hybridized carbons (Fsp3) is 0.417. The molecule has 0 unspecified atom stereocenters. The molecule has 8 heteroatoms. The number of rotatable bonds is 8. The molecule has 0 saturated carbocycles. The molecular formula is C12H16BrN5OS. The zero-order valence-corrected chi connectivity index (χ0v) is 13.5. The number of hydrogen-bond acceptors (Lipinski definition) is 6. The van der Waals surface area contributed by atoms with Crippen molar-refractivity contribution in [3.8, 4) is 5.75 Å². The van der Waals surface area contributed by atoms with Gasteiger partial charge in [0.15, 0.2) is 0 Å². The summed E-state index contributed by atoms with van der Waals surface area (Å²) in [7, 11) is 1.91. The maximum atomic E-state index is 5.65. The van der Waals surface area contributed by atoms with E-state index in [4.69, 9.17) is 4.74 Å². The predicted octanol–water partition coefficient (Wildman–Crippen LogP) is 1.83. The van der Waals surface area contributed by atoms with Gasteiger partial charge in [-0.1, -0.05) is 27.7 Å². The van der Waals surface area contributed by atoms with E-state index in [1.807, 2.05) is 31.3 Å². The lowest BCUT2D eigenvalue weighted by Crippen LogP contribution is -2.16. The predicted molar refractivity (Wildman–Crippen MR) is 82.1 cm³/mol. The summed E-state index contributed by atoms with van der Waals surface area (Å²) in [5, 5.41) is 15.5. The standard InChI is InChI=1S/C12H16BrN5OS/c1-14-6-7-18-12(15-16-17-18)20-9-8-19-11-4-2-10(13)3-5-11/h2-5,14H,6-9H2,1H3. The van der Waals surface area contributed by atoms with Crippen LogP contribution in [0, 0.1) is 0 Å². The third kappa shape index (κ3) is 4.77. The van der Waals surface area contributed by atoms with Gasteiger partial charge >= 0.3 is 0 Å². The number of tetrazole rings is 1. The van der Waals surface area contributed by atoms with Gasteiger partial charge in [-0.3, -0.25) is 0 Å². The molecule has 0 aliphatic rings. The minimum absolute atomic E-state index is 0.616. The highest BCUT2D eigenvalue weighted by atomic mass is 79.9. The van der Waals surface area contributed by atoms with Crippen LogP contribution in [0.1, 0.15) is 0 Å². The summed E-state index contributed by atoms with van der Waals surface area (Å²) in [4.78, 5) is 0. The van der Waals surface area contributed by atoms with Crippen molar-refractivity contribution in [2.45, 2.75) is 11.7 Å². The van der Waals surface area contributed by atoms with Crippen LogP contribution in [0.2, 0.25) is 0 Å². The second kappa shape index (κ2) is 8.23. The van der Waals surface area contributed by atoms with Crippen molar-refractivity contribution in [3.05, 3.63) is 28.7 Å². The van der Waals surface area contributed by atoms with E-state index >= 15 is 0 Å². The molecular weight excluding hydrogens is 342 g/mol. The highest BCUT2D eigenvalue weighted by Gasteiger charge is 2.05. The van der Waals surface area contributed by atoms with Gasteiger partial charge in [-0.15, -0.1) is 5.10 Å². The number of nitrogens with zero attached hydrogens (tertiary/aromatic N) is 4. The number of aromatic nitrogens is 4. The molecule has 1 heterocycles. The average molecular weight is 358 g/mol. The summed E-state index contributed by atoms with van der Waals surface area (Å²) in [6, 6.07) is 7.79. The first-order valence-electron chi connectivity index (χ1n) is 6.21. The number of thioether (sulfide) groups is 1. The Kier molecular flexibility index (Phi) is 6.28. The SMILES string of the molecule is CNCCn1nnnc1SCCOc1ccc(Br)cc1. The first-order chi connectivity index (χ1) is 9.79. The zero-order chi connectivity index (χ0) is 14.2. The lowest BCUT2D eigenvalue weighted by atomic mass is 10.3. The van der Waals surface area contributed by atoms with E-state index in [0.717, 1.165) is 34.2 Å². The Hall–Kier alpha value is -1.12. The van der Waals surface area contributed by atoms with Crippen molar-refractivity contribution in [3.63, 3.8) is 0 Å². The van der Waals surface area contributed by atoms with Gasteiger partial charge in [0.05, 0.1) is 13.2 Å². The van der Waals surface area contributed by atoms with Gasteiger partial charge in [0, 0.05) is 16.8 Å². The van der Waals surface area contributed by atoms with Crippen molar-refractivity contribution in [1.29, 1.82) is 0 Å². The maximum absolute atomic E-state index is 5.65. The molecule has 0 fully saturated rings. The van der Waals surface area contributed by atoms with E-state index in [2.05, 4.69) is 36.8 Å². The summed E-state index contributed by atoms with van der Waals surface area (Å²) in [5.41, 5.74) is 0. The Labute approximate surface area is 130 Å². The largest absolute Gasteiger partial charge is 0.493 e. The van der Waals surface area contributed by atoms with E-state index in [0.29, 0.717) is 6.61 Å². The molecule has 0 bridgehead atoms. The number of nitrogens with one attached hydrogen (secondary N) is 1. The van der Waals surface area contributed by atoms with Gasteiger partial charge in [0.1, 0.15) is 5.75 Å². The molecule has 108 valence electrons. The van der Waals surface area contributed by atoms with Crippen LogP contribution in [0.5, 0.6) is 5.75 Å². The van der Waals surface area contributed by atoms with Crippen LogP contribution in [-0.4, -0.2) is 46.2 Å². The molecule has 0 saturated heterocycles. The third-order valence-corrected chi connectivity index (χ3v) is 3.92. The Morgan fingerprint density at radius 1 is 1.35 bits per heavy atom. The van der Waals surface area contributed by atoms with Gasteiger partial charge in [-0.25, -0.2) is 4.68 Å². The van der Waals surface area contributed by atoms with Crippen molar-refractivity contribution < 1.29 is 4.74 Å². The van der Waals surface area contributed by atoms with Crippen LogP contribution in [-0.2, 0) is 6.54 Å². The number of hydrogen-bond donors (Lipinski definition) is 1. The van der Waals surface area contributed by atoms with Crippen LogP contribution >= 0.6 is 27.7 Å². The van der Waals surface area contributed by atoms with E-state index in [1.165, 1.54) is 0 Å². The van der Waals surface area contributed by atoms with Gasteiger partial charge in [-0.05, 0) is 41.7 Å². The average Bonchev–Trinajstić information content (AvgIpc) is 2.91. The summed E-state index contributed by atoms with van der Waals surface area (Å²) in [6.45, 7) is 2.22. The van der Waals surface area contributed by atoms with Crippen LogP contribution in [0.15, 0.2) is 33.9 Å². The topological polar surface area (TPSA) is 64.9 Å². The molecule has 1 aromatic heterocycles. The summed E-state index contributed by atoms with van der Waals surface area (Å²) in [5.74, 6) is 1.67. The first kappa shape index (κ1) is 15.3. The molecule has 6 nitrogen and oxygen atoms in total. The number of benzene rings is 1. The summed E-state index contributed by atoms with van der Waals surface area (Å²) < 4.78 is 8.49. The highest BCUT2D eigenvalue weighted by Crippen LogP contribution is 2.17. The Morgan fingerprint density at radius 2 is 2.15 bits per heavy atom. The molecule has 0 aliphatic heterocycles. The second-order valence-electron chi connectivity index (χ2n) is 3.94. The molecule has 0 radical (unpaired) electrons. The molecule has 1 N–H and O–H groups in total. The molecule has 0 amide bonds. The smallest absolute Gasteiger partial charge is 0.209 e. The molecule has 2 aromatic rings.